The summed E-state index contributed by atoms with van der Waals surface area (Å²) in [5.41, 5.74) is 2.50. The average molecular weight is 402 g/mol. The number of benzene rings is 1. The largest absolute Gasteiger partial charge is 0.344 e. The average Bonchev–Trinajstić information content (AvgIpc) is 3.51. The second-order valence-electron chi connectivity index (χ2n) is 8.33. The van der Waals surface area contributed by atoms with Gasteiger partial charge in [0.15, 0.2) is 0 Å². The smallest absolute Gasteiger partial charge is 0.322 e. The number of nitrogens with zero attached hydrogens (tertiary/aromatic N) is 2. The zero-order valence-electron chi connectivity index (χ0n) is 16.5. The highest BCUT2D eigenvalue weighted by Crippen LogP contribution is 2.33. The van der Waals surface area contributed by atoms with E-state index < -0.39 is 11.6 Å². The number of hydrogen-bond acceptors (Lipinski definition) is 4. The molecule has 4 amide bonds. The highest BCUT2D eigenvalue weighted by molar-refractivity contribution is 6.08. The molecule has 8 heteroatoms. The van der Waals surface area contributed by atoms with Crippen molar-refractivity contribution in [2.24, 2.45) is 0 Å². The lowest BCUT2D eigenvalue weighted by Gasteiger charge is -2.30. The van der Waals surface area contributed by atoms with Crippen molar-refractivity contribution in [1.29, 1.82) is 0 Å². The second-order valence-corrected chi connectivity index (χ2v) is 8.33. The Balaban J connectivity index is 1.32. The molecule has 2 saturated carbocycles. The number of amides is 4. The van der Waals surface area contributed by atoms with Gasteiger partial charge in [0.05, 0.1) is 0 Å². The first-order chi connectivity index (χ1) is 14.0. The second kappa shape index (κ2) is 8.10. The Kier molecular flexibility index (Phi) is 5.54. The van der Waals surface area contributed by atoms with E-state index in [1.165, 1.54) is 12.1 Å². The molecule has 2 N–H and O–H groups in total. The maximum absolute atomic E-state index is 13.4. The van der Waals surface area contributed by atoms with Crippen molar-refractivity contribution >= 4 is 17.8 Å². The van der Waals surface area contributed by atoms with E-state index >= 15 is 0 Å². The third kappa shape index (κ3) is 4.42. The Hall–Kier alpha value is -2.48. The third-order valence-electron chi connectivity index (χ3n) is 6.07. The number of rotatable bonds is 7. The summed E-state index contributed by atoms with van der Waals surface area (Å²) in [5, 5.41) is 3.63. The maximum atomic E-state index is 13.4. The zero-order chi connectivity index (χ0) is 20.4. The summed E-state index contributed by atoms with van der Waals surface area (Å²) < 4.78 is 13.4. The van der Waals surface area contributed by atoms with E-state index in [-0.39, 0.29) is 24.1 Å². The maximum Gasteiger partial charge on any atom is 0.344 e. The molecule has 0 unspecified atom stereocenters. The van der Waals surface area contributed by atoms with Crippen molar-refractivity contribution in [3.8, 4) is 0 Å². The van der Waals surface area contributed by atoms with Crippen molar-refractivity contribution < 1.29 is 18.8 Å². The highest BCUT2D eigenvalue weighted by Gasteiger charge is 2.52. The van der Waals surface area contributed by atoms with Gasteiger partial charge in [0.1, 0.15) is 11.4 Å². The Morgan fingerprint density at radius 3 is 2.69 bits per heavy atom. The lowest BCUT2D eigenvalue weighted by Crippen LogP contribution is -2.51. The van der Waals surface area contributed by atoms with Crippen LogP contribution in [0.15, 0.2) is 24.3 Å². The van der Waals surface area contributed by atoms with Crippen LogP contribution in [0.4, 0.5) is 9.18 Å². The van der Waals surface area contributed by atoms with Crippen LogP contribution in [0.2, 0.25) is 0 Å². The number of hydrazine groups is 1. The van der Waals surface area contributed by atoms with Gasteiger partial charge in [-0.05, 0) is 43.4 Å². The minimum Gasteiger partial charge on any atom is -0.322 e. The zero-order valence-corrected chi connectivity index (χ0v) is 16.5. The van der Waals surface area contributed by atoms with Crippen LogP contribution in [0.3, 0.4) is 0 Å². The first-order valence-electron chi connectivity index (χ1n) is 10.4. The number of carbonyl (C=O) groups is 3. The van der Waals surface area contributed by atoms with Crippen molar-refractivity contribution in [1.82, 2.24) is 20.7 Å². The predicted molar refractivity (Wildman–Crippen MR) is 104 cm³/mol. The Bertz CT molecular complexity index is 805. The molecule has 156 valence electrons. The van der Waals surface area contributed by atoms with Crippen LogP contribution in [0.25, 0.3) is 0 Å². The van der Waals surface area contributed by atoms with Gasteiger partial charge in [-0.25, -0.2) is 9.18 Å². The summed E-state index contributed by atoms with van der Waals surface area (Å²) in [7, 11) is 0. The molecule has 1 aromatic rings. The molecular formula is C21H27FN4O3. The summed E-state index contributed by atoms with van der Waals surface area (Å²) in [6.07, 6.45) is 6.36. The van der Waals surface area contributed by atoms with E-state index in [4.69, 9.17) is 0 Å². The van der Waals surface area contributed by atoms with E-state index in [1.54, 1.807) is 6.07 Å². The predicted octanol–water partition coefficient (Wildman–Crippen LogP) is 2.47. The summed E-state index contributed by atoms with van der Waals surface area (Å²) in [4.78, 5) is 39.6. The topological polar surface area (TPSA) is 81.8 Å². The van der Waals surface area contributed by atoms with Crippen LogP contribution in [-0.2, 0) is 16.1 Å². The number of imide groups is 1. The molecule has 0 aromatic heterocycles. The molecule has 7 nitrogen and oxygen atoms in total. The Morgan fingerprint density at radius 2 is 2.00 bits per heavy atom. The van der Waals surface area contributed by atoms with E-state index in [1.807, 2.05) is 6.07 Å². The molecule has 1 spiro atoms. The third-order valence-corrected chi connectivity index (χ3v) is 6.07. The Labute approximate surface area is 169 Å². The van der Waals surface area contributed by atoms with Gasteiger partial charge in [0.25, 0.3) is 5.91 Å². The van der Waals surface area contributed by atoms with Gasteiger partial charge in [-0.3, -0.25) is 19.9 Å². The standard InChI is InChI=1S/C21H27FN4O3/c22-16-6-4-5-15(13-16)14-25(17-7-8-17)12-9-18(27)24-26-19(28)21(23-20(26)29)10-2-1-3-11-21/h4-6,13,17H,1-3,7-12,14H2,(H,23,29)(H,24,27). The van der Waals surface area contributed by atoms with Gasteiger partial charge >= 0.3 is 6.03 Å². The summed E-state index contributed by atoms with van der Waals surface area (Å²) in [6, 6.07) is 6.32. The van der Waals surface area contributed by atoms with Crippen molar-refractivity contribution in [3.05, 3.63) is 35.6 Å². The number of carbonyl (C=O) groups excluding carboxylic acids is 3. The molecule has 1 saturated heterocycles. The molecule has 1 heterocycles. The number of hydrogen-bond donors (Lipinski definition) is 2. The summed E-state index contributed by atoms with van der Waals surface area (Å²) >= 11 is 0. The molecule has 29 heavy (non-hydrogen) atoms. The SMILES string of the molecule is O=C(CCN(Cc1cccc(F)c1)C1CC1)NN1C(=O)NC2(CCCCC2)C1=O. The highest BCUT2D eigenvalue weighted by atomic mass is 19.1. The lowest BCUT2D eigenvalue weighted by molar-refractivity contribution is -0.140. The fourth-order valence-corrected chi connectivity index (χ4v) is 4.34. The van der Waals surface area contributed by atoms with Crippen LogP contribution >= 0.6 is 0 Å². The molecule has 1 aliphatic heterocycles. The van der Waals surface area contributed by atoms with Gasteiger partial charge in [-0.15, -0.1) is 0 Å². The van der Waals surface area contributed by atoms with Gasteiger partial charge < -0.3 is 5.32 Å². The lowest BCUT2D eigenvalue weighted by atomic mass is 9.82. The monoisotopic (exact) mass is 402 g/mol. The first kappa shape index (κ1) is 19.8. The van der Waals surface area contributed by atoms with E-state index in [0.29, 0.717) is 32.0 Å². The first-order valence-corrected chi connectivity index (χ1v) is 10.4. The fourth-order valence-electron chi connectivity index (χ4n) is 4.34. The number of halogens is 1. The normalized spacial score (nSPS) is 21.0. The minimum atomic E-state index is -0.847. The molecule has 3 aliphatic rings. The summed E-state index contributed by atoms with van der Waals surface area (Å²) in [5.74, 6) is -0.994. The van der Waals surface area contributed by atoms with E-state index in [9.17, 15) is 18.8 Å². The molecule has 4 rings (SSSR count). The van der Waals surface area contributed by atoms with E-state index in [2.05, 4.69) is 15.6 Å². The molecule has 0 bridgehead atoms. The molecular weight excluding hydrogens is 375 g/mol. The molecule has 1 aromatic carbocycles. The van der Waals surface area contributed by atoms with Crippen LogP contribution in [0.5, 0.6) is 0 Å². The molecule has 3 fully saturated rings. The fraction of sp³-hybridized carbons (Fsp3) is 0.571. The van der Waals surface area contributed by atoms with Crippen LogP contribution < -0.4 is 10.7 Å². The minimum absolute atomic E-state index is 0.163. The van der Waals surface area contributed by atoms with Crippen LogP contribution in [0, 0.1) is 5.82 Å². The van der Waals surface area contributed by atoms with Crippen molar-refractivity contribution in [2.45, 2.75) is 69.5 Å². The number of nitrogens with one attached hydrogen (secondary N) is 2. The van der Waals surface area contributed by atoms with Gasteiger partial charge in [-0.2, -0.15) is 5.01 Å². The quantitative estimate of drug-likeness (QED) is 0.687. The van der Waals surface area contributed by atoms with Gasteiger partial charge in [0.2, 0.25) is 5.91 Å². The Morgan fingerprint density at radius 1 is 1.24 bits per heavy atom. The van der Waals surface area contributed by atoms with Crippen LogP contribution in [-0.4, -0.2) is 45.9 Å². The van der Waals surface area contributed by atoms with Crippen molar-refractivity contribution in [3.63, 3.8) is 0 Å². The molecule has 2 aliphatic carbocycles. The van der Waals surface area contributed by atoms with Crippen LogP contribution in [0.1, 0.15) is 56.9 Å². The van der Waals surface area contributed by atoms with E-state index in [0.717, 1.165) is 42.7 Å². The summed E-state index contributed by atoms with van der Waals surface area (Å²) in [6.45, 7) is 1.06. The van der Waals surface area contributed by atoms with Gasteiger partial charge in [-0.1, -0.05) is 31.4 Å². The van der Waals surface area contributed by atoms with Crippen molar-refractivity contribution in [2.75, 3.05) is 6.54 Å². The van der Waals surface area contributed by atoms with Gasteiger partial charge in [0, 0.05) is 25.6 Å². The molecule has 0 radical (unpaired) electrons. The number of urea groups is 1. The molecule has 0 atom stereocenters.